The van der Waals surface area contributed by atoms with Crippen molar-refractivity contribution >= 4 is 0 Å². The summed E-state index contributed by atoms with van der Waals surface area (Å²) in [4.78, 5) is 0. The van der Waals surface area contributed by atoms with Gasteiger partial charge in [0.25, 0.3) is 0 Å². The summed E-state index contributed by atoms with van der Waals surface area (Å²) in [5.74, 6) is -0.164. The zero-order chi connectivity index (χ0) is 8.59. The van der Waals surface area contributed by atoms with Gasteiger partial charge in [0.15, 0.2) is 0 Å². The van der Waals surface area contributed by atoms with Crippen LogP contribution in [0.15, 0.2) is 0 Å². The Balaban J connectivity index is 2.63. The molecule has 0 saturated heterocycles. The van der Waals surface area contributed by atoms with E-state index in [1.165, 1.54) is 0 Å². The Morgan fingerprint density at radius 1 is 0.909 bits per heavy atom. The van der Waals surface area contributed by atoms with Crippen LogP contribution in [-0.4, -0.2) is 44.8 Å². The lowest BCUT2D eigenvalue weighted by Gasteiger charge is -2.36. The fourth-order valence-electron chi connectivity index (χ4n) is 1.43. The molecule has 1 fully saturated rings. The molecule has 11 heavy (non-hydrogen) atoms. The maximum atomic E-state index is 9.21. The molecule has 1 saturated carbocycles. The van der Waals surface area contributed by atoms with Crippen molar-refractivity contribution in [3.63, 3.8) is 0 Å². The fraction of sp³-hybridized carbons (Fsp3) is 1.00. The quantitative estimate of drug-likeness (QED) is 0.348. The summed E-state index contributed by atoms with van der Waals surface area (Å²) in [6.07, 6.45) is -3.92. The van der Waals surface area contributed by atoms with Gasteiger partial charge in [-0.25, -0.2) is 0 Å². The molecule has 0 aromatic rings. The molecule has 4 N–H and O–H groups in total. The van der Waals surface area contributed by atoms with Gasteiger partial charge < -0.3 is 20.4 Å². The van der Waals surface area contributed by atoms with Crippen LogP contribution in [-0.2, 0) is 0 Å². The normalized spacial score (nSPS) is 52.6. The minimum Gasteiger partial charge on any atom is -0.390 e. The summed E-state index contributed by atoms with van der Waals surface area (Å²) < 4.78 is 0. The third-order valence-electron chi connectivity index (χ3n) is 2.29. The molecule has 2 unspecified atom stereocenters. The number of aliphatic hydroxyl groups excluding tert-OH is 4. The second-order valence-electron chi connectivity index (χ2n) is 3.25. The smallest absolute Gasteiger partial charge is 0.108 e. The molecular weight excluding hydrogens is 148 g/mol. The SMILES string of the molecule is CC1C[C@@H](O)C(O)[C@@H](O)[C@H]1O. The highest BCUT2D eigenvalue weighted by molar-refractivity contribution is 4.90. The largest absolute Gasteiger partial charge is 0.390 e. The molecule has 4 nitrogen and oxygen atoms in total. The van der Waals surface area contributed by atoms with Crippen molar-refractivity contribution in [1.29, 1.82) is 0 Å². The van der Waals surface area contributed by atoms with Crippen molar-refractivity contribution in [3.05, 3.63) is 0 Å². The molecule has 0 aliphatic heterocycles. The minimum absolute atomic E-state index is 0.164. The highest BCUT2D eigenvalue weighted by atomic mass is 16.4. The van der Waals surface area contributed by atoms with Crippen LogP contribution < -0.4 is 0 Å². The van der Waals surface area contributed by atoms with Gasteiger partial charge in [0.2, 0.25) is 0 Å². The maximum Gasteiger partial charge on any atom is 0.108 e. The standard InChI is InChI=1S/C7H14O4/c1-3-2-4(8)6(10)7(11)5(3)9/h3-11H,2H2,1H3/t3?,4-,5+,6?,7+/m1/s1. The zero-order valence-electron chi connectivity index (χ0n) is 6.38. The summed E-state index contributed by atoms with van der Waals surface area (Å²) in [7, 11) is 0. The average Bonchev–Trinajstić information content (AvgIpc) is 1.97. The van der Waals surface area contributed by atoms with E-state index in [-0.39, 0.29) is 5.92 Å². The van der Waals surface area contributed by atoms with Crippen molar-refractivity contribution in [2.45, 2.75) is 37.8 Å². The Morgan fingerprint density at radius 3 is 2.00 bits per heavy atom. The fourth-order valence-corrected chi connectivity index (χ4v) is 1.43. The van der Waals surface area contributed by atoms with Gasteiger partial charge in [-0.1, -0.05) is 6.92 Å². The van der Waals surface area contributed by atoms with Gasteiger partial charge in [-0.3, -0.25) is 0 Å². The van der Waals surface area contributed by atoms with Gasteiger partial charge in [0.1, 0.15) is 12.2 Å². The molecule has 1 rings (SSSR count). The summed E-state index contributed by atoms with van der Waals surface area (Å²) in [5, 5.41) is 36.5. The van der Waals surface area contributed by atoms with Gasteiger partial charge >= 0.3 is 0 Å². The number of rotatable bonds is 0. The molecule has 0 bridgehead atoms. The van der Waals surface area contributed by atoms with E-state index in [0.717, 1.165) is 0 Å². The van der Waals surface area contributed by atoms with E-state index in [4.69, 9.17) is 15.3 Å². The van der Waals surface area contributed by atoms with E-state index in [0.29, 0.717) is 6.42 Å². The van der Waals surface area contributed by atoms with Crippen LogP contribution in [0.5, 0.6) is 0 Å². The van der Waals surface area contributed by atoms with E-state index in [9.17, 15) is 5.11 Å². The van der Waals surface area contributed by atoms with Gasteiger partial charge in [0, 0.05) is 0 Å². The van der Waals surface area contributed by atoms with Gasteiger partial charge in [-0.05, 0) is 12.3 Å². The Morgan fingerprint density at radius 2 is 1.45 bits per heavy atom. The molecule has 0 heterocycles. The first kappa shape index (κ1) is 8.93. The first-order valence-electron chi connectivity index (χ1n) is 3.76. The molecular formula is C7H14O4. The van der Waals surface area contributed by atoms with Crippen LogP contribution in [0.25, 0.3) is 0 Å². The van der Waals surface area contributed by atoms with Crippen LogP contribution in [0.1, 0.15) is 13.3 Å². The lowest BCUT2D eigenvalue weighted by atomic mass is 9.82. The minimum atomic E-state index is -1.21. The third-order valence-corrected chi connectivity index (χ3v) is 2.29. The lowest BCUT2D eigenvalue weighted by Crippen LogP contribution is -2.52. The molecule has 0 radical (unpaired) electrons. The Bertz CT molecular complexity index is 124. The van der Waals surface area contributed by atoms with Crippen molar-refractivity contribution in [1.82, 2.24) is 0 Å². The molecule has 4 heteroatoms. The van der Waals surface area contributed by atoms with Crippen LogP contribution in [0.4, 0.5) is 0 Å². The Labute approximate surface area is 65.1 Å². The van der Waals surface area contributed by atoms with E-state index in [1.54, 1.807) is 6.92 Å². The number of hydrogen-bond donors (Lipinski definition) is 4. The molecule has 66 valence electrons. The lowest BCUT2D eigenvalue weighted by molar-refractivity contribution is -0.154. The first-order chi connectivity index (χ1) is 5.04. The van der Waals surface area contributed by atoms with Crippen molar-refractivity contribution in [3.8, 4) is 0 Å². The first-order valence-corrected chi connectivity index (χ1v) is 3.76. The van der Waals surface area contributed by atoms with Crippen molar-refractivity contribution in [2.24, 2.45) is 5.92 Å². The molecule has 0 aromatic carbocycles. The third kappa shape index (κ3) is 1.54. The van der Waals surface area contributed by atoms with Gasteiger partial charge in [0.05, 0.1) is 12.2 Å². The topological polar surface area (TPSA) is 80.9 Å². The maximum absolute atomic E-state index is 9.21. The summed E-state index contributed by atoms with van der Waals surface area (Å²) in [5.41, 5.74) is 0. The van der Waals surface area contributed by atoms with E-state index >= 15 is 0 Å². The second-order valence-corrected chi connectivity index (χ2v) is 3.25. The number of aliphatic hydroxyl groups is 4. The predicted molar refractivity (Wildman–Crippen MR) is 37.8 cm³/mol. The second kappa shape index (κ2) is 3.06. The van der Waals surface area contributed by atoms with Crippen LogP contribution in [0, 0.1) is 5.92 Å². The Hall–Kier alpha value is -0.160. The van der Waals surface area contributed by atoms with E-state index < -0.39 is 24.4 Å². The van der Waals surface area contributed by atoms with E-state index in [1.807, 2.05) is 0 Å². The number of hydrogen-bond acceptors (Lipinski definition) is 4. The predicted octanol–water partition coefficient (Wildman–Crippen LogP) is -1.53. The molecule has 5 atom stereocenters. The van der Waals surface area contributed by atoms with E-state index in [2.05, 4.69) is 0 Å². The van der Waals surface area contributed by atoms with Crippen LogP contribution in [0.3, 0.4) is 0 Å². The summed E-state index contributed by atoms with van der Waals surface area (Å²) >= 11 is 0. The van der Waals surface area contributed by atoms with Gasteiger partial charge in [-0.15, -0.1) is 0 Å². The monoisotopic (exact) mass is 162 g/mol. The van der Waals surface area contributed by atoms with Crippen LogP contribution >= 0.6 is 0 Å². The molecule has 0 spiro atoms. The average molecular weight is 162 g/mol. The van der Waals surface area contributed by atoms with Crippen LogP contribution in [0.2, 0.25) is 0 Å². The molecule has 1 aliphatic carbocycles. The highest BCUT2D eigenvalue weighted by Crippen LogP contribution is 2.24. The molecule has 0 amide bonds. The summed E-state index contributed by atoms with van der Waals surface area (Å²) in [6.45, 7) is 1.73. The highest BCUT2D eigenvalue weighted by Gasteiger charge is 2.39. The van der Waals surface area contributed by atoms with Crippen molar-refractivity contribution in [2.75, 3.05) is 0 Å². The van der Waals surface area contributed by atoms with Crippen molar-refractivity contribution < 1.29 is 20.4 Å². The summed E-state index contributed by atoms with van der Waals surface area (Å²) in [6, 6.07) is 0. The molecule has 1 aliphatic rings. The zero-order valence-corrected chi connectivity index (χ0v) is 6.38. The van der Waals surface area contributed by atoms with Gasteiger partial charge in [-0.2, -0.15) is 0 Å². The Kier molecular flexibility index (Phi) is 2.49. The molecule has 0 aromatic heterocycles.